The average molecular weight is 214 g/mol. The molecular weight excluding hydrogens is 188 g/mol. The highest BCUT2D eigenvalue weighted by Gasteiger charge is 2.38. The van der Waals surface area contributed by atoms with Gasteiger partial charge in [-0.3, -0.25) is 0 Å². The first kappa shape index (κ1) is 13.0. The maximum absolute atomic E-state index is 8.79. The number of rotatable bonds is 5. The molecule has 1 saturated carbocycles. The first-order valence-electron chi connectivity index (χ1n) is 6.35. The summed E-state index contributed by atoms with van der Waals surface area (Å²) >= 11 is 0. The van der Waals surface area contributed by atoms with Gasteiger partial charge in [-0.2, -0.15) is 0 Å². The minimum atomic E-state index is 0.0901. The lowest BCUT2D eigenvalue weighted by Gasteiger charge is -2.43. The molecule has 0 amide bonds. The summed E-state index contributed by atoms with van der Waals surface area (Å²) in [7, 11) is 0. The van der Waals surface area contributed by atoms with Crippen LogP contribution in [0, 0.1) is 11.8 Å². The van der Waals surface area contributed by atoms with Gasteiger partial charge in [0.05, 0.1) is 5.60 Å². The topological polar surface area (TPSA) is 29.5 Å². The molecule has 1 unspecified atom stereocenters. The predicted molar refractivity (Wildman–Crippen MR) is 62.9 cm³/mol. The summed E-state index contributed by atoms with van der Waals surface area (Å²) in [5, 5.41) is 8.79. The van der Waals surface area contributed by atoms with Gasteiger partial charge in [-0.25, -0.2) is 0 Å². The van der Waals surface area contributed by atoms with Crippen LogP contribution in [0.1, 0.15) is 52.9 Å². The molecule has 15 heavy (non-hydrogen) atoms. The number of aliphatic hydroxyl groups excluding tert-OH is 1. The summed E-state index contributed by atoms with van der Waals surface area (Å²) in [6.07, 6.45) is 5.79. The van der Waals surface area contributed by atoms with Crippen LogP contribution in [0.4, 0.5) is 0 Å². The smallest absolute Gasteiger partial charge is 0.0707 e. The van der Waals surface area contributed by atoms with Crippen LogP contribution in [0.25, 0.3) is 0 Å². The minimum absolute atomic E-state index is 0.0901. The second-order valence-electron chi connectivity index (χ2n) is 5.35. The van der Waals surface area contributed by atoms with E-state index in [1.54, 1.807) is 0 Å². The molecule has 0 spiro atoms. The lowest BCUT2D eigenvalue weighted by Crippen LogP contribution is -2.43. The molecule has 2 nitrogen and oxygen atoms in total. The summed E-state index contributed by atoms with van der Waals surface area (Å²) in [5.74, 6) is 1.37. The molecule has 1 rings (SSSR count). The molecule has 0 aliphatic heterocycles. The SMILES string of the molecule is CC(C)C1(OCCCO)CCC[C@@H](C)C1. The van der Waals surface area contributed by atoms with Crippen molar-refractivity contribution >= 4 is 0 Å². The van der Waals surface area contributed by atoms with Crippen molar-refractivity contribution in [1.82, 2.24) is 0 Å². The first-order chi connectivity index (χ1) is 7.10. The molecule has 1 fully saturated rings. The molecule has 0 bridgehead atoms. The quantitative estimate of drug-likeness (QED) is 0.713. The molecule has 2 atom stereocenters. The number of hydrogen-bond acceptors (Lipinski definition) is 2. The Hall–Kier alpha value is -0.0800. The molecule has 0 heterocycles. The van der Waals surface area contributed by atoms with Crippen LogP contribution in [0.3, 0.4) is 0 Å². The fraction of sp³-hybridized carbons (Fsp3) is 1.00. The highest BCUT2D eigenvalue weighted by atomic mass is 16.5. The Morgan fingerprint density at radius 1 is 1.47 bits per heavy atom. The normalized spacial score (nSPS) is 32.2. The Labute approximate surface area is 94.0 Å². The second kappa shape index (κ2) is 5.86. The van der Waals surface area contributed by atoms with E-state index in [1.807, 2.05) is 0 Å². The van der Waals surface area contributed by atoms with Crippen LogP contribution >= 0.6 is 0 Å². The Kier molecular flexibility index (Phi) is 5.07. The number of aliphatic hydroxyl groups is 1. The fourth-order valence-electron chi connectivity index (χ4n) is 2.71. The summed E-state index contributed by atoms with van der Waals surface area (Å²) in [5.41, 5.74) is 0.0901. The Morgan fingerprint density at radius 3 is 2.73 bits per heavy atom. The summed E-state index contributed by atoms with van der Waals surface area (Å²) < 4.78 is 6.08. The van der Waals surface area contributed by atoms with Crippen molar-refractivity contribution in [1.29, 1.82) is 0 Å². The molecule has 0 aromatic rings. The minimum Gasteiger partial charge on any atom is -0.396 e. The molecule has 0 radical (unpaired) electrons. The van der Waals surface area contributed by atoms with E-state index in [0.717, 1.165) is 12.3 Å². The van der Waals surface area contributed by atoms with Crippen molar-refractivity contribution in [2.45, 2.75) is 58.5 Å². The van der Waals surface area contributed by atoms with Gasteiger partial charge in [-0.1, -0.05) is 33.6 Å². The lowest BCUT2D eigenvalue weighted by molar-refractivity contribution is -0.113. The molecule has 1 aliphatic carbocycles. The highest BCUT2D eigenvalue weighted by Crippen LogP contribution is 2.40. The Morgan fingerprint density at radius 2 is 2.20 bits per heavy atom. The zero-order valence-corrected chi connectivity index (χ0v) is 10.5. The Bertz CT molecular complexity index is 179. The zero-order chi connectivity index (χ0) is 11.3. The van der Waals surface area contributed by atoms with Crippen molar-refractivity contribution < 1.29 is 9.84 Å². The van der Waals surface area contributed by atoms with E-state index in [2.05, 4.69) is 20.8 Å². The van der Waals surface area contributed by atoms with E-state index in [9.17, 15) is 0 Å². The van der Waals surface area contributed by atoms with E-state index in [0.29, 0.717) is 12.5 Å². The standard InChI is InChI=1S/C13H26O2/c1-11(2)13(15-9-5-8-14)7-4-6-12(3)10-13/h11-12,14H,4-10H2,1-3H3/t12-,13?/m1/s1. The predicted octanol–water partition coefficient (Wildman–Crippen LogP) is 2.99. The van der Waals surface area contributed by atoms with Crippen molar-refractivity contribution in [3.05, 3.63) is 0 Å². The van der Waals surface area contributed by atoms with Gasteiger partial charge in [-0.05, 0) is 31.1 Å². The van der Waals surface area contributed by atoms with Crippen LogP contribution in [-0.4, -0.2) is 23.9 Å². The van der Waals surface area contributed by atoms with Gasteiger partial charge in [0.15, 0.2) is 0 Å². The van der Waals surface area contributed by atoms with Gasteiger partial charge in [0, 0.05) is 13.2 Å². The molecule has 1 N–H and O–H groups in total. The van der Waals surface area contributed by atoms with Gasteiger partial charge < -0.3 is 9.84 Å². The summed E-state index contributed by atoms with van der Waals surface area (Å²) in [6, 6.07) is 0. The van der Waals surface area contributed by atoms with E-state index in [-0.39, 0.29) is 12.2 Å². The third-order valence-electron chi connectivity index (χ3n) is 3.74. The maximum atomic E-state index is 8.79. The summed E-state index contributed by atoms with van der Waals surface area (Å²) in [6.45, 7) is 7.80. The van der Waals surface area contributed by atoms with Crippen LogP contribution in [0.5, 0.6) is 0 Å². The molecule has 0 aromatic heterocycles. The van der Waals surface area contributed by atoms with Crippen LogP contribution in [-0.2, 0) is 4.74 Å². The fourth-order valence-corrected chi connectivity index (χ4v) is 2.71. The largest absolute Gasteiger partial charge is 0.396 e. The molecule has 90 valence electrons. The third-order valence-corrected chi connectivity index (χ3v) is 3.74. The van der Waals surface area contributed by atoms with E-state index in [1.165, 1.54) is 25.7 Å². The van der Waals surface area contributed by atoms with Gasteiger partial charge in [0.25, 0.3) is 0 Å². The van der Waals surface area contributed by atoms with Crippen LogP contribution < -0.4 is 0 Å². The molecule has 0 saturated heterocycles. The highest BCUT2D eigenvalue weighted by molar-refractivity contribution is 4.89. The maximum Gasteiger partial charge on any atom is 0.0707 e. The van der Waals surface area contributed by atoms with Crippen LogP contribution in [0.2, 0.25) is 0 Å². The monoisotopic (exact) mass is 214 g/mol. The number of hydrogen-bond donors (Lipinski definition) is 1. The van der Waals surface area contributed by atoms with E-state index < -0.39 is 0 Å². The lowest BCUT2D eigenvalue weighted by atomic mass is 9.73. The third kappa shape index (κ3) is 3.46. The van der Waals surface area contributed by atoms with Gasteiger partial charge in [0.2, 0.25) is 0 Å². The molecule has 0 aromatic carbocycles. The molecular formula is C13H26O2. The van der Waals surface area contributed by atoms with Crippen molar-refractivity contribution in [3.8, 4) is 0 Å². The van der Waals surface area contributed by atoms with Crippen molar-refractivity contribution in [3.63, 3.8) is 0 Å². The van der Waals surface area contributed by atoms with Gasteiger partial charge >= 0.3 is 0 Å². The average Bonchev–Trinajstić information content (AvgIpc) is 2.18. The van der Waals surface area contributed by atoms with Crippen molar-refractivity contribution in [2.75, 3.05) is 13.2 Å². The summed E-state index contributed by atoms with van der Waals surface area (Å²) in [4.78, 5) is 0. The Balaban J connectivity index is 2.53. The number of ether oxygens (including phenoxy) is 1. The first-order valence-corrected chi connectivity index (χ1v) is 6.35. The zero-order valence-electron chi connectivity index (χ0n) is 10.5. The van der Waals surface area contributed by atoms with Crippen molar-refractivity contribution in [2.24, 2.45) is 11.8 Å². The van der Waals surface area contributed by atoms with E-state index >= 15 is 0 Å². The molecule has 1 aliphatic rings. The van der Waals surface area contributed by atoms with E-state index in [4.69, 9.17) is 9.84 Å². The van der Waals surface area contributed by atoms with Crippen LogP contribution in [0.15, 0.2) is 0 Å². The second-order valence-corrected chi connectivity index (χ2v) is 5.35. The van der Waals surface area contributed by atoms with Gasteiger partial charge in [-0.15, -0.1) is 0 Å². The molecule has 2 heteroatoms. The van der Waals surface area contributed by atoms with Gasteiger partial charge in [0.1, 0.15) is 0 Å².